The van der Waals surface area contributed by atoms with E-state index in [0.717, 1.165) is 5.56 Å². The summed E-state index contributed by atoms with van der Waals surface area (Å²) in [7, 11) is 25.0. The Morgan fingerprint density at radius 3 is 1.79 bits per heavy atom. The molecule has 2 rings (SSSR count). The summed E-state index contributed by atoms with van der Waals surface area (Å²) < 4.78 is 7.72. The molecule has 0 N–H and O–H groups in total. The van der Waals surface area contributed by atoms with Gasteiger partial charge in [0.15, 0.2) is 0 Å². The fraction of sp³-hybridized carbons (Fsp3) is 0.500. The Kier molecular flexibility index (Phi) is 8.56. The fourth-order valence-corrected chi connectivity index (χ4v) is 2.69. The normalized spacial score (nSPS) is 20.4. The zero-order chi connectivity index (χ0) is 22.1. The van der Waals surface area contributed by atoms with Crippen LogP contribution in [0.3, 0.4) is 0 Å². The third-order valence-corrected chi connectivity index (χ3v) is 3.78. The van der Waals surface area contributed by atoms with Crippen LogP contribution in [0, 0.1) is 0 Å². The summed E-state index contributed by atoms with van der Waals surface area (Å²) in [6, 6.07) is 7.49. The summed E-state index contributed by atoms with van der Waals surface area (Å²) in [4.78, 5) is 14.6. The fourth-order valence-electron chi connectivity index (χ4n) is 2.57. The van der Waals surface area contributed by atoms with Crippen LogP contribution in [0.15, 0.2) is 24.3 Å². The number of rotatable bonds is 3. The Morgan fingerprint density at radius 2 is 1.43 bits per heavy atom. The van der Waals surface area contributed by atoms with E-state index in [1.807, 2.05) is 58.9 Å². The molecule has 0 aromatic heterocycles. The number of amides is 2. The predicted molar refractivity (Wildman–Crippen MR) is 125 cm³/mol. The van der Waals surface area contributed by atoms with Gasteiger partial charge in [-0.05, 0) is 52.0 Å². The zero-order valence-electron chi connectivity index (χ0n) is 15.8. The van der Waals surface area contributed by atoms with Crippen LogP contribution in [0.1, 0.15) is 46.4 Å². The first-order valence-corrected chi connectivity index (χ1v) is 28.0. The van der Waals surface area contributed by atoms with E-state index in [0.29, 0.717) is 10.9 Å². The van der Waals surface area contributed by atoms with Crippen LogP contribution >= 0.6 is 64.6 Å². The number of carbonyl (C=O) groups excluding carboxylic acids is 1. The molecule has 12 heteroatoms. The van der Waals surface area contributed by atoms with Crippen molar-refractivity contribution in [2.75, 3.05) is 0 Å². The molecule has 4 nitrogen and oxygen atoms in total. The van der Waals surface area contributed by atoms with Crippen molar-refractivity contribution in [2.45, 2.75) is 52.9 Å². The minimum atomic E-state index is -5.42. The first-order chi connectivity index (χ1) is 12.3. The molecule has 1 aromatic rings. The molecule has 162 valence electrons. The van der Waals surface area contributed by atoms with Crippen LogP contribution in [0.4, 0.5) is 4.79 Å². The number of ether oxygens (including phenoxy) is 1. The van der Waals surface area contributed by atoms with Gasteiger partial charge < -0.3 is 4.74 Å². The molecule has 0 bridgehead atoms. The van der Waals surface area contributed by atoms with Crippen LogP contribution in [-0.2, 0) is 4.74 Å². The molecule has 1 aliphatic rings. The first kappa shape index (κ1) is 27.0. The first-order valence-electron chi connectivity index (χ1n) is 8.21. The van der Waals surface area contributed by atoms with Gasteiger partial charge in [-0.25, -0.2) is 0 Å². The second-order valence-electron chi connectivity index (χ2n) is 6.75. The van der Waals surface area contributed by atoms with Gasteiger partial charge in [0.1, 0.15) is 6.04 Å². The summed E-state index contributed by atoms with van der Waals surface area (Å²) >= 11 is 5.94. The van der Waals surface area contributed by atoms with E-state index in [1.165, 1.54) is 0 Å². The molecule has 1 heterocycles. The molecule has 1 aliphatic heterocycles. The summed E-state index contributed by atoms with van der Waals surface area (Å²) in [6.07, 6.45) is -0.412. The summed E-state index contributed by atoms with van der Waals surface area (Å²) in [5, 5.41) is 0.668. The Bertz CT molecular complexity index is 748. The molecule has 0 radical (unpaired) electrons. The van der Waals surface area contributed by atoms with Gasteiger partial charge in [0.25, 0.3) is 12.1 Å². The predicted octanol–water partition coefficient (Wildman–Crippen LogP) is 7.79. The molecule has 0 saturated heterocycles. The SMILES string of the molecule is CC1=[N+](C(C)C)C(=O)N(C(C)C)C(c2ccc(Cl)cc2)O1.[Cl][Sb-]([Cl])([Cl])([Cl])([Cl])[Cl]. The molecule has 1 aromatic carbocycles. The standard InChI is InChI=1S/C16H22ClN2O2.6ClH.Sb/c1-10(2)18-12(5)21-15(19(11(3)4)16(18)20)13-6-8-14(17)9-7-13;;;;;;;/h6-11,15H,1-5H3;6*1H;/q+1;;;;;;;+5/p-6. The maximum atomic E-state index is 12.8. The zero-order valence-corrected chi connectivity index (χ0v) is 23.7. The maximum absolute atomic E-state index is 12.8. The van der Waals surface area contributed by atoms with Gasteiger partial charge in [0.05, 0.1) is 6.04 Å². The number of benzene rings is 1. The monoisotopic (exact) mass is 640 g/mol. The van der Waals surface area contributed by atoms with E-state index in [4.69, 9.17) is 69.3 Å². The number of nitrogens with zero attached hydrogens (tertiary/aromatic N) is 2. The third-order valence-electron chi connectivity index (χ3n) is 3.53. The van der Waals surface area contributed by atoms with Crippen LogP contribution in [0.2, 0.25) is 5.02 Å². The van der Waals surface area contributed by atoms with Crippen molar-refractivity contribution in [1.82, 2.24) is 4.90 Å². The summed E-state index contributed by atoms with van der Waals surface area (Å²) in [5.74, 6) is 0.631. The van der Waals surface area contributed by atoms with E-state index in [2.05, 4.69) is 0 Å². The van der Waals surface area contributed by atoms with Crippen molar-refractivity contribution < 1.29 is 14.1 Å². The third kappa shape index (κ3) is 9.88. The average Bonchev–Trinajstić information content (AvgIpc) is 2.43. The number of hydrogen-bond acceptors (Lipinski definition) is 2. The second-order valence-corrected chi connectivity index (χ2v) is 64.1. The molecule has 0 fully saturated rings. The van der Waals surface area contributed by atoms with Crippen molar-refractivity contribution >= 4 is 85.6 Å². The van der Waals surface area contributed by atoms with Crippen LogP contribution in [0.25, 0.3) is 0 Å². The van der Waals surface area contributed by atoms with Gasteiger partial charge in [0, 0.05) is 17.5 Å². The van der Waals surface area contributed by atoms with Crippen molar-refractivity contribution in [1.29, 1.82) is 0 Å². The van der Waals surface area contributed by atoms with E-state index in [1.54, 1.807) is 9.48 Å². The Hall–Kier alpha value is 1.01. The summed E-state index contributed by atoms with van der Waals surface area (Å²) in [5.41, 5.74) is 0.921. The van der Waals surface area contributed by atoms with Gasteiger partial charge in [-0.1, -0.05) is 11.6 Å². The van der Waals surface area contributed by atoms with Crippen LogP contribution < -0.4 is 0 Å². The van der Waals surface area contributed by atoms with Crippen LogP contribution in [0.5, 0.6) is 0 Å². The number of hydrogen-bond donors (Lipinski definition) is 0. The van der Waals surface area contributed by atoms with Gasteiger partial charge in [0.2, 0.25) is 0 Å². The van der Waals surface area contributed by atoms with Crippen molar-refractivity contribution in [3.8, 4) is 0 Å². The van der Waals surface area contributed by atoms with E-state index in [-0.39, 0.29) is 18.1 Å². The Labute approximate surface area is 190 Å². The quantitative estimate of drug-likeness (QED) is 0.249. The average molecular weight is 644 g/mol. The Balaban J connectivity index is 0.000000480. The molecule has 0 saturated carbocycles. The van der Waals surface area contributed by atoms with Gasteiger partial charge in [-0.3, -0.25) is 0 Å². The summed E-state index contributed by atoms with van der Waals surface area (Å²) in [6.45, 7) is 9.77. The van der Waals surface area contributed by atoms with Crippen molar-refractivity contribution in [2.24, 2.45) is 0 Å². The topological polar surface area (TPSA) is 32.5 Å². The van der Waals surface area contributed by atoms with Gasteiger partial charge >= 0.3 is 68.1 Å². The Morgan fingerprint density at radius 1 is 1.00 bits per heavy atom. The van der Waals surface area contributed by atoms with Crippen molar-refractivity contribution in [3.05, 3.63) is 34.9 Å². The van der Waals surface area contributed by atoms with Crippen LogP contribution in [-0.4, -0.2) is 42.6 Å². The molecule has 2 amide bonds. The second kappa shape index (κ2) is 8.86. The van der Waals surface area contributed by atoms with Crippen molar-refractivity contribution in [3.63, 3.8) is 0 Å². The molecular formula is C16H22Cl7N2O2Sb. The van der Waals surface area contributed by atoms with Gasteiger partial charge in [-0.2, -0.15) is 14.3 Å². The number of halogens is 7. The van der Waals surface area contributed by atoms with E-state index in [9.17, 15) is 4.79 Å². The molecule has 0 spiro atoms. The minimum absolute atomic E-state index is 0.0244. The van der Waals surface area contributed by atoms with E-state index < -0.39 is 15.4 Å². The molecular weight excluding hydrogens is 622 g/mol. The number of carbonyl (C=O) groups is 1. The molecule has 1 unspecified atom stereocenters. The number of urea groups is 1. The van der Waals surface area contributed by atoms with Gasteiger partial charge in [-0.15, -0.1) is 0 Å². The molecule has 28 heavy (non-hydrogen) atoms. The molecule has 1 atom stereocenters. The molecule has 0 aliphatic carbocycles. The van der Waals surface area contributed by atoms with E-state index >= 15 is 0 Å².